The molecule has 104 valence electrons. The van der Waals surface area contributed by atoms with E-state index in [9.17, 15) is 5.11 Å². The Bertz CT molecular complexity index is 410. The van der Waals surface area contributed by atoms with Gasteiger partial charge in [-0.05, 0) is 28.3 Å². The zero-order valence-electron chi connectivity index (χ0n) is 12.0. The van der Waals surface area contributed by atoms with Crippen LogP contribution in [0.1, 0.15) is 32.2 Å². The molecule has 0 spiro atoms. The molecular weight excluding hydrogens is 296 g/mol. The van der Waals surface area contributed by atoms with E-state index in [1.54, 1.807) is 11.8 Å². The zero-order valence-corrected chi connectivity index (χ0v) is 13.6. The Kier molecular flexibility index (Phi) is 4.98. The molecule has 4 nitrogen and oxygen atoms in total. The van der Waals surface area contributed by atoms with Crippen LogP contribution in [-0.2, 0) is 18.2 Å². The molecule has 5 heteroatoms. The summed E-state index contributed by atoms with van der Waals surface area (Å²) in [5.74, 6) is 0. The number of hydrogen-bond donors (Lipinski definition) is 1. The number of nitrogens with zero attached hydrogens (tertiary/aromatic N) is 2. The average molecular weight is 319 g/mol. The molecule has 1 aromatic rings. The normalized spacial score (nSPS) is 15.8. The maximum atomic E-state index is 10.4. The van der Waals surface area contributed by atoms with E-state index in [0.717, 1.165) is 15.9 Å². The molecule has 0 saturated carbocycles. The minimum atomic E-state index is -0.555. The molecule has 0 radical (unpaired) electrons. The second kappa shape index (κ2) is 5.72. The van der Waals surface area contributed by atoms with E-state index in [1.165, 1.54) is 0 Å². The van der Waals surface area contributed by atoms with E-state index in [-0.39, 0.29) is 11.5 Å². The first-order valence-corrected chi connectivity index (χ1v) is 6.86. The number of methoxy groups -OCH3 is 1. The lowest BCUT2D eigenvalue weighted by molar-refractivity contribution is -0.0705. The largest absolute Gasteiger partial charge is 0.390 e. The highest BCUT2D eigenvalue weighted by molar-refractivity contribution is 9.10. The minimum Gasteiger partial charge on any atom is -0.390 e. The van der Waals surface area contributed by atoms with Crippen molar-refractivity contribution in [3.05, 3.63) is 15.9 Å². The number of aliphatic hydroxyl groups is 1. The Labute approximate surface area is 117 Å². The number of hydrogen-bond acceptors (Lipinski definition) is 3. The minimum absolute atomic E-state index is 0.103. The molecule has 1 rings (SSSR count). The molecule has 0 saturated heterocycles. The van der Waals surface area contributed by atoms with Crippen molar-refractivity contribution < 1.29 is 9.84 Å². The summed E-state index contributed by atoms with van der Waals surface area (Å²) < 4.78 is 8.21. The highest BCUT2D eigenvalue weighted by Gasteiger charge is 2.32. The molecule has 0 aliphatic rings. The topological polar surface area (TPSA) is 47.3 Å². The first kappa shape index (κ1) is 15.7. The number of ether oxygens (including phenoxy) is 1. The smallest absolute Gasteiger partial charge is 0.0882 e. The Morgan fingerprint density at radius 2 is 2.00 bits per heavy atom. The first-order chi connectivity index (χ1) is 8.18. The van der Waals surface area contributed by atoms with Gasteiger partial charge in [-0.1, -0.05) is 20.8 Å². The maximum Gasteiger partial charge on any atom is 0.0882 e. The number of rotatable bonds is 4. The molecule has 1 heterocycles. The SMILES string of the molecule is COC(C(O)Cc1c(Br)c(C)nn1C)C(C)(C)C. The summed E-state index contributed by atoms with van der Waals surface area (Å²) in [6.45, 7) is 8.13. The molecule has 1 aromatic heterocycles. The summed E-state index contributed by atoms with van der Waals surface area (Å²) in [4.78, 5) is 0. The van der Waals surface area contributed by atoms with E-state index in [0.29, 0.717) is 6.42 Å². The van der Waals surface area contributed by atoms with Crippen molar-refractivity contribution in [2.75, 3.05) is 7.11 Å². The lowest BCUT2D eigenvalue weighted by Crippen LogP contribution is -2.40. The molecule has 0 fully saturated rings. The lowest BCUT2D eigenvalue weighted by Gasteiger charge is -2.33. The monoisotopic (exact) mass is 318 g/mol. The van der Waals surface area contributed by atoms with Gasteiger partial charge in [-0.15, -0.1) is 0 Å². The van der Waals surface area contributed by atoms with E-state index in [1.807, 2.05) is 14.0 Å². The Balaban J connectivity index is 2.90. The Morgan fingerprint density at radius 3 is 2.33 bits per heavy atom. The van der Waals surface area contributed by atoms with Crippen LogP contribution >= 0.6 is 15.9 Å². The third kappa shape index (κ3) is 3.33. The summed E-state index contributed by atoms with van der Waals surface area (Å²) in [6.07, 6.45) is -0.242. The van der Waals surface area contributed by atoms with E-state index < -0.39 is 6.10 Å². The van der Waals surface area contributed by atoms with Crippen LogP contribution in [0.15, 0.2) is 4.47 Å². The molecule has 2 atom stereocenters. The third-order valence-corrected chi connectivity index (χ3v) is 4.15. The van der Waals surface area contributed by atoms with Gasteiger partial charge in [0.1, 0.15) is 0 Å². The van der Waals surface area contributed by atoms with Gasteiger partial charge in [-0.3, -0.25) is 4.68 Å². The van der Waals surface area contributed by atoms with Crippen LogP contribution in [0, 0.1) is 12.3 Å². The zero-order chi connectivity index (χ0) is 14.1. The standard InChI is InChI=1S/C13H23BrN2O2/c1-8-11(14)9(16(5)15-8)7-10(17)12(18-6)13(2,3)4/h10,12,17H,7H2,1-6H3. The van der Waals surface area contributed by atoms with Gasteiger partial charge in [0, 0.05) is 20.6 Å². The van der Waals surface area contributed by atoms with Gasteiger partial charge in [0.15, 0.2) is 0 Å². The van der Waals surface area contributed by atoms with Crippen LogP contribution in [0.3, 0.4) is 0 Å². The van der Waals surface area contributed by atoms with E-state index >= 15 is 0 Å². The van der Waals surface area contributed by atoms with E-state index in [4.69, 9.17) is 4.74 Å². The molecule has 0 amide bonds. The van der Waals surface area contributed by atoms with Gasteiger partial charge in [0.2, 0.25) is 0 Å². The van der Waals surface area contributed by atoms with Crippen LogP contribution in [0.4, 0.5) is 0 Å². The van der Waals surface area contributed by atoms with Gasteiger partial charge >= 0.3 is 0 Å². The maximum absolute atomic E-state index is 10.4. The van der Waals surface area contributed by atoms with Crippen molar-refractivity contribution in [1.29, 1.82) is 0 Å². The fourth-order valence-electron chi connectivity index (χ4n) is 2.29. The number of halogens is 1. The summed E-state index contributed by atoms with van der Waals surface area (Å²) in [5, 5.41) is 14.7. The molecule has 0 aliphatic carbocycles. The van der Waals surface area contributed by atoms with E-state index in [2.05, 4.69) is 41.8 Å². The number of aromatic nitrogens is 2. The van der Waals surface area contributed by atoms with Gasteiger partial charge in [0.25, 0.3) is 0 Å². The average Bonchev–Trinajstić information content (AvgIpc) is 2.44. The summed E-state index contributed by atoms with van der Waals surface area (Å²) in [7, 11) is 3.53. The third-order valence-electron chi connectivity index (χ3n) is 3.12. The predicted octanol–water partition coefficient (Wildman–Crippen LogP) is 2.46. The van der Waals surface area contributed by atoms with Gasteiger partial charge < -0.3 is 9.84 Å². The fraction of sp³-hybridized carbons (Fsp3) is 0.769. The Morgan fingerprint density at radius 1 is 1.44 bits per heavy atom. The van der Waals surface area contributed by atoms with Gasteiger partial charge in [-0.25, -0.2) is 0 Å². The van der Waals surface area contributed by atoms with Crippen LogP contribution in [0.5, 0.6) is 0 Å². The van der Waals surface area contributed by atoms with Crippen molar-refractivity contribution in [1.82, 2.24) is 9.78 Å². The summed E-state index contributed by atoms with van der Waals surface area (Å²) in [6, 6.07) is 0. The van der Waals surface area contributed by atoms with Crippen LogP contribution in [0.25, 0.3) is 0 Å². The van der Waals surface area contributed by atoms with Crippen molar-refractivity contribution in [3.63, 3.8) is 0 Å². The second-order valence-corrected chi connectivity index (χ2v) is 6.56. The van der Waals surface area contributed by atoms with Crippen molar-refractivity contribution in [2.24, 2.45) is 12.5 Å². The second-order valence-electron chi connectivity index (χ2n) is 5.76. The highest BCUT2D eigenvalue weighted by atomic mass is 79.9. The molecule has 0 aliphatic heterocycles. The number of aliphatic hydroxyl groups excluding tert-OH is 1. The lowest BCUT2D eigenvalue weighted by atomic mass is 9.84. The fourth-order valence-corrected chi connectivity index (χ4v) is 2.79. The van der Waals surface area contributed by atoms with Gasteiger partial charge in [-0.2, -0.15) is 5.10 Å². The van der Waals surface area contributed by atoms with Crippen LogP contribution < -0.4 is 0 Å². The van der Waals surface area contributed by atoms with Crippen molar-refractivity contribution in [3.8, 4) is 0 Å². The molecule has 1 N–H and O–H groups in total. The predicted molar refractivity (Wildman–Crippen MR) is 75.6 cm³/mol. The Hall–Kier alpha value is -0.390. The van der Waals surface area contributed by atoms with Crippen molar-refractivity contribution in [2.45, 2.75) is 46.3 Å². The molecule has 2 unspecified atom stereocenters. The summed E-state index contributed by atoms with van der Waals surface area (Å²) in [5.41, 5.74) is 1.82. The van der Waals surface area contributed by atoms with Crippen LogP contribution in [-0.4, -0.2) is 34.2 Å². The quantitative estimate of drug-likeness (QED) is 0.927. The molecular formula is C13H23BrN2O2. The molecule has 0 aromatic carbocycles. The molecule has 0 bridgehead atoms. The van der Waals surface area contributed by atoms with Crippen molar-refractivity contribution >= 4 is 15.9 Å². The van der Waals surface area contributed by atoms with Crippen LogP contribution in [0.2, 0.25) is 0 Å². The number of aryl methyl sites for hydroxylation is 2. The molecule has 18 heavy (non-hydrogen) atoms. The summed E-state index contributed by atoms with van der Waals surface area (Å²) >= 11 is 3.52. The highest BCUT2D eigenvalue weighted by Crippen LogP contribution is 2.28. The van der Waals surface area contributed by atoms with Gasteiger partial charge in [0.05, 0.1) is 28.1 Å². The first-order valence-electron chi connectivity index (χ1n) is 6.07.